The number of benzene rings is 1. The lowest BCUT2D eigenvalue weighted by Crippen LogP contribution is -2.35. The first-order chi connectivity index (χ1) is 14.4. The van der Waals surface area contributed by atoms with Crippen LogP contribution in [-0.2, 0) is 20.7 Å². The number of aromatic nitrogens is 2. The Morgan fingerprint density at radius 1 is 1.20 bits per heavy atom. The van der Waals surface area contributed by atoms with Gasteiger partial charge >= 0.3 is 5.97 Å². The summed E-state index contributed by atoms with van der Waals surface area (Å²) in [4.78, 5) is 46.5. The second kappa shape index (κ2) is 9.19. The summed E-state index contributed by atoms with van der Waals surface area (Å²) in [6.45, 7) is 3.69. The third kappa shape index (κ3) is 4.27. The minimum absolute atomic E-state index is 0.113. The standard InChI is InChI=1S/C21H23N3O5S/c1-12-18(20(27)29-4)15(22-19(12)13(2)25)11-17(26)24(9-10-28-3)21-23-14-7-5-6-8-16(14)30-21/h5-8,22H,9-11H2,1-4H3. The number of Topliss-reactive ketones (excluding diaryl/α,β-unsaturated/α-hetero) is 1. The fourth-order valence-corrected chi connectivity index (χ4v) is 4.26. The largest absolute Gasteiger partial charge is 0.465 e. The van der Waals surface area contributed by atoms with E-state index in [0.717, 1.165) is 10.2 Å². The molecule has 30 heavy (non-hydrogen) atoms. The Balaban J connectivity index is 1.97. The maximum absolute atomic E-state index is 13.2. The molecule has 0 unspecified atom stereocenters. The van der Waals surface area contributed by atoms with E-state index in [0.29, 0.717) is 35.2 Å². The van der Waals surface area contributed by atoms with Gasteiger partial charge in [-0.05, 0) is 24.6 Å². The van der Waals surface area contributed by atoms with Crippen molar-refractivity contribution in [2.45, 2.75) is 20.3 Å². The number of amides is 1. The number of nitrogens with zero attached hydrogens (tertiary/aromatic N) is 2. The number of hydrogen-bond donors (Lipinski definition) is 1. The topological polar surface area (TPSA) is 102 Å². The second-order valence-electron chi connectivity index (χ2n) is 6.71. The number of para-hydroxylation sites is 1. The summed E-state index contributed by atoms with van der Waals surface area (Å²) in [7, 11) is 2.82. The van der Waals surface area contributed by atoms with Gasteiger partial charge in [-0.1, -0.05) is 23.5 Å². The second-order valence-corrected chi connectivity index (χ2v) is 7.71. The molecule has 3 aromatic rings. The molecule has 2 heterocycles. The molecule has 158 valence electrons. The van der Waals surface area contributed by atoms with Crippen LogP contribution in [0.4, 0.5) is 5.13 Å². The van der Waals surface area contributed by atoms with E-state index < -0.39 is 5.97 Å². The molecule has 0 saturated carbocycles. The van der Waals surface area contributed by atoms with Gasteiger partial charge in [0.1, 0.15) is 0 Å². The quantitative estimate of drug-likeness (QED) is 0.436. The van der Waals surface area contributed by atoms with Crippen LogP contribution >= 0.6 is 11.3 Å². The Hall–Kier alpha value is -3.04. The highest BCUT2D eigenvalue weighted by Gasteiger charge is 2.27. The molecule has 1 aromatic carbocycles. The van der Waals surface area contributed by atoms with Crippen molar-refractivity contribution in [3.05, 3.63) is 46.8 Å². The number of nitrogens with one attached hydrogen (secondary N) is 1. The first kappa shape index (κ1) is 21.7. The molecule has 0 fully saturated rings. The average molecular weight is 429 g/mol. The van der Waals surface area contributed by atoms with Gasteiger partial charge in [-0.25, -0.2) is 9.78 Å². The van der Waals surface area contributed by atoms with Gasteiger partial charge in [-0.3, -0.25) is 14.5 Å². The zero-order valence-electron chi connectivity index (χ0n) is 17.3. The number of fused-ring (bicyclic) bond motifs is 1. The normalized spacial score (nSPS) is 10.9. The van der Waals surface area contributed by atoms with Crippen molar-refractivity contribution in [2.24, 2.45) is 0 Å². The Labute approximate surface area is 177 Å². The number of rotatable bonds is 8. The monoisotopic (exact) mass is 429 g/mol. The Kier molecular flexibility index (Phi) is 6.63. The predicted molar refractivity (Wildman–Crippen MR) is 114 cm³/mol. The van der Waals surface area contributed by atoms with Gasteiger partial charge in [0.25, 0.3) is 0 Å². The molecular weight excluding hydrogens is 406 g/mol. The lowest BCUT2D eigenvalue weighted by Gasteiger charge is -2.19. The number of anilines is 1. The zero-order valence-corrected chi connectivity index (χ0v) is 18.1. The van der Waals surface area contributed by atoms with Crippen molar-refractivity contribution in [2.75, 3.05) is 32.3 Å². The number of thiazole rings is 1. The van der Waals surface area contributed by atoms with Crippen molar-refractivity contribution in [3.63, 3.8) is 0 Å². The number of carbonyl (C=O) groups excluding carboxylic acids is 3. The van der Waals surface area contributed by atoms with Crippen LogP contribution in [0.3, 0.4) is 0 Å². The Morgan fingerprint density at radius 2 is 1.93 bits per heavy atom. The number of esters is 1. The van der Waals surface area contributed by atoms with Gasteiger partial charge in [0.15, 0.2) is 10.9 Å². The average Bonchev–Trinajstić information content (AvgIpc) is 3.28. The zero-order chi connectivity index (χ0) is 21.8. The number of methoxy groups -OCH3 is 2. The van der Waals surface area contributed by atoms with Crippen LogP contribution in [0, 0.1) is 6.92 Å². The molecule has 1 N–H and O–H groups in total. The van der Waals surface area contributed by atoms with Crippen LogP contribution in [0.15, 0.2) is 24.3 Å². The van der Waals surface area contributed by atoms with Gasteiger partial charge < -0.3 is 14.5 Å². The summed E-state index contributed by atoms with van der Waals surface area (Å²) in [5.74, 6) is -1.09. The Bertz CT molecular complexity index is 1070. The summed E-state index contributed by atoms with van der Waals surface area (Å²) in [6, 6.07) is 7.63. The van der Waals surface area contributed by atoms with Crippen molar-refractivity contribution < 1.29 is 23.9 Å². The van der Waals surface area contributed by atoms with Crippen LogP contribution in [0.25, 0.3) is 10.2 Å². The molecule has 0 bridgehead atoms. The minimum atomic E-state index is -0.595. The molecule has 0 atom stereocenters. The van der Waals surface area contributed by atoms with Gasteiger partial charge in [0, 0.05) is 19.7 Å². The lowest BCUT2D eigenvalue weighted by atomic mass is 10.1. The highest BCUT2D eigenvalue weighted by molar-refractivity contribution is 7.22. The van der Waals surface area contributed by atoms with Crippen LogP contribution in [0.1, 0.15) is 39.0 Å². The lowest BCUT2D eigenvalue weighted by molar-refractivity contribution is -0.118. The van der Waals surface area contributed by atoms with Crippen molar-refractivity contribution in [1.29, 1.82) is 0 Å². The molecular formula is C21H23N3O5S. The van der Waals surface area contributed by atoms with Gasteiger partial charge in [0.05, 0.1) is 48.2 Å². The molecule has 9 heteroatoms. The van der Waals surface area contributed by atoms with Crippen LogP contribution in [0.2, 0.25) is 0 Å². The fourth-order valence-electron chi connectivity index (χ4n) is 3.25. The maximum atomic E-state index is 13.2. The fraction of sp³-hybridized carbons (Fsp3) is 0.333. The van der Waals surface area contributed by atoms with E-state index in [2.05, 4.69) is 9.97 Å². The summed E-state index contributed by atoms with van der Waals surface area (Å²) in [5.41, 5.74) is 2.13. The molecule has 0 aliphatic carbocycles. The number of H-pyrrole nitrogens is 1. The number of carbonyl (C=O) groups is 3. The molecule has 0 aliphatic rings. The highest BCUT2D eigenvalue weighted by atomic mass is 32.1. The first-order valence-corrected chi connectivity index (χ1v) is 10.1. The highest BCUT2D eigenvalue weighted by Crippen LogP contribution is 2.29. The molecule has 2 aromatic heterocycles. The number of aromatic amines is 1. The SMILES string of the molecule is COCCN(C(=O)Cc1[nH]c(C(C)=O)c(C)c1C(=O)OC)c1nc2ccccc2s1. The summed E-state index contributed by atoms with van der Waals surface area (Å²) < 4.78 is 11.0. The van der Waals surface area contributed by atoms with E-state index in [1.165, 1.54) is 25.4 Å². The van der Waals surface area contributed by atoms with E-state index in [1.807, 2.05) is 24.3 Å². The molecule has 0 spiro atoms. The third-order valence-corrected chi connectivity index (χ3v) is 5.79. The van der Waals surface area contributed by atoms with Crippen molar-refractivity contribution in [3.8, 4) is 0 Å². The minimum Gasteiger partial charge on any atom is -0.465 e. The van der Waals surface area contributed by atoms with E-state index in [4.69, 9.17) is 9.47 Å². The Morgan fingerprint density at radius 3 is 2.57 bits per heavy atom. The van der Waals surface area contributed by atoms with E-state index in [-0.39, 0.29) is 23.7 Å². The van der Waals surface area contributed by atoms with Crippen LogP contribution in [0.5, 0.6) is 0 Å². The molecule has 0 aliphatic heterocycles. The summed E-state index contributed by atoms with van der Waals surface area (Å²) in [5, 5.41) is 0.549. The molecule has 3 rings (SSSR count). The number of ketones is 1. The van der Waals surface area contributed by atoms with Crippen LogP contribution in [-0.4, -0.2) is 55.0 Å². The van der Waals surface area contributed by atoms with Gasteiger partial charge in [0.2, 0.25) is 5.91 Å². The third-order valence-electron chi connectivity index (χ3n) is 4.73. The van der Waals surface area contributed by atoms with E-state index >= 15 is 0 Å². The summed E-state index contributed by atoms with van der Waals surface area (Å²) in [6.07, 6.45) is -0.113. The smallest absolute Gasteiger partial charge is 0.339 e. The maximum Gasteiger partial charge on any atom is 0.339 e. The van der Waals surface area contributed by atoms with E-state index in [1.54, 1.807) is 18.9 Å². The van der Waals surface area contributed by atoms with E-state index in [9.17, 15) is 14.4 Å². The van der Waals surface area contributed by atoms with Crippen molar-refractivity contribution in [1.82, 2.24) is 9.97 Å². The molecule has 8 nitrogen and oxygen atoms in total. The first-order valence-electron chi connectivity index (χ1n) is 9.33. The molecule has 0 radical (unpaired) electrons. The van der Waals surface area contributed by atoms with Crippen LogP contribution < -0.4 is 4.90 Å². The molecule has 0 saturated heterocycles. The predicted octanol–water partition coefficient (Wildman–Crippen LogP) is 3.14. The van der Waals surface area contributed by atoms with Gasteiger partial charge in [-0.2, -0.15) is 0 Å². The molecule has 1 amide bonds. The summed E-state index contributed by atoms with van der Waals surface area (Å²) >= 11 is 1.41. The van der Waals surface area contributed by atoms with Crippen molar-refractivity contribution >= 4 is 44.3 Å². The number of ether oxygens (including phenoxy) is 2. The van der Waals surface area contributed by atoms with Gasteiger partial charge in [-0.15, -0.1) is 0 Å². The number of hydrogen-bond acceptors (Lipinski definition) is 7.